The van der Waals surface area contributed by atoms with Crippen LogP contribution in [0.5, 0.6) is 69.0 Å². The number of aromatic hydroxyl groups is 6. The van der Waals surface area contributed by atoms with Gasteiger partial charge in [0.25, 0.3) is 0 Å². The van der Waals surface area contributed by atoms with Gasteiger partial charge in [0.05, 0.1) is 33.4 Å². The van der Waals surface area contributed by atoms with Crippen molar-refractivity contribution in [1.29, 1.82) is 0 Å². The van der Waals surface area contributed by atoms with E-state index >= 15 is 0 Å². The molecule has 684 valence electrons. The van der Waals surface area contributed by atoms with Gasteiger partial charge >= 0.3 is 0 Å². The monoisotopic (exact) mass is 1770 g/mol. The molecule has 0 fully saturated rings. The van der Waals surface area contributed by atoms with Gasteiger partial charge in [-0.15, -0.1) is 0 Å². The van der Waals surface area contributed by atoms with Crippen LogP contribution in [0.4, 0.5) is 0 Å². The fraction of sp³-hybridized carbons (Fsp3) is 0.368. The molecule has 7 aliphatic rings. The average molecular weight is 1770 g/mol. The number of phenolic OH excluding ortho intramolecular Hbond substituents is 6. The molecule has 18 nitrogen and oxygen atoms in total. The third-order valence-corrected chi connectivity index (χ3v) is 30.8. The Hall–Kier alpha value is -12.0. The van der Waals surface area contributed by atoms with Crippen molar-refractivity contribution in [2.45, 2.75) is 233 Å². The number of benzene rings is 12. The Bertz CT molecular complexity index is 5240. The Balaban J connectivity index is 0.913. The van der Waals surface area contributed by atoms with Crippen LogP contribution in [0.15, 0.2) is 218 Å². The average Bonchev–Trinajstić information content (AvgIpc) is 0.727. The van der Waals surface area contributed by atoms with Crippen LogP contribution >= 0.6 is 0 Å². The van der Waals surface area contributed by atoms with Crippen molar-refractivity contribution in [3.05, 3.63) is 352 Å². The maximum Gasteiger partial charge on any atom is 0.142 e. The van der Waals surface area contributed by atoms with Crippen LogP contribution in [0, 0.1) is 0 Å². The number of phenols is 6. The number of ether oxygens (including phenoxy) is 6. The van der Waals surface area contributed by atoms with E-state index in [9.17, 15) is 30.6 Å². The maximum absolute atomic E-state index is 14.1. The summed E-state index contributed by atoms with van der Waals surface area (Å²) >= 11 is 0. The molecule has 0 saturated carbocycles. The third-order valence-electron chi connectivity index (χ3n) is 30.8. The molecule has 0 aromatic heterocycles. The summed E-state index contributed by atoms with van der Waals surface area (Å²) in [6, 6.07) is 74.5. The van der Waals surface area contributed by atoms with Crippen LogP contribution in [-0.2, 0) is 39.3 Å². The van der Waals surface area contributed by atoms with Gasteiger partial charge in [-0.3, -0.25) is 29.4 Å². The molecule has 0 amide bonds. The standard InChI is InChI=1S/C114H126N6O12/c1-13-79-85-49-92(110-97(103(85)121)55-115(62-128-110)67(7)73-37-25-19-26-38-73)81(15-3)87-51-94(112-99(105(87)123)57-117(64-130-112)69(9)75-41-29-21-30-42-75)83(17-5)89-53-96(114-101(107(89)125)59-119(66-132-114)71(11)77-45-33-23-34-46-77)84(18-6)90-54-95(113-102(108(90)126)60-120(65-131-113)72(12)78-47-35-24-36-48-78)82(16-4)88-52-93(111-100(106(88)124)58-118(63-129-111)70(10)76-43-31-22-32-44-76)80(14-2)86-50-91(79)109-98(104(86)122)56-116(61-127-109)68(8)74-39-27-20-28-40-74/h19-54,67-72,79-84,121-126H,13-18,55-66H2,1-12H3/t67-,68-,69-,70-,71-,72-,79?,80?,81?,82?,83?,84?/m0/s1. The van der Waals surface area contributed by atoms with Crippen LogP contribution in [-0.4, -0.2) is 100 Å². The lowest BCUT2D eigenvalue weighted by Gasteiger charge is -2.40. The molecule has 12 bridgehead atoms. The fourth-order valence-corrected chi connectivity index (χ4v) is 22.8. The number of hydrogen-bond donors (Lipinski definition) is 6. The van der Waals surface area contributed by atoms with Crippen LogP contribution in [0.25, 0.3) is 0 Å². The van der Waals surface area contributed by atoms with E-state index < -0.39 is 35.5 Å². The minimum absolute atomic E-state index is 0.0880. The molecule has 12 aromatic rings. The zero-order chi connectivity index (χ0) is 91.6. The zero-order valence-electron chi connectivity index (χ0n) is 78.3. The highest BCUT2D eigenvalue weighted by Gasteiger charge is 2.45. The third kappa shape index (κ3) is 16.0. The quantitative estimate of drug-likeness (QED) is 0.0474. The first kappa shape index (κ1) is 89.2. The van der Waals surface area contributed by atoms with Gasteiger partial charge in [0.2, 0.25) is 0 Å². The molecule has 6 N–H and O–H groups in total. The van der Waals surface area contributed by atoms with E-state index in [0.717, 1.165) is 66.8 Å². The van der Waals surface area contributed by atoms with Gasteiger partial charge in [-0.25, -0.2) is 0 Å². The lowest BCUT2D eigenvalue weighted by atomic mass is 9.75. The molecular formula is C114H126N6O12. The summed E-state index contributed by atoms with van der Waals surface area (Å²) in [6.45, 7) is 29.1. The number of fused-ring (bicyclic) bond motifs is 24. The molecule has 6 heterocycles. The second-order valence-corrected chi connectivity index (χ2v) is 37.7. The number of nitrogens with zero attached hydrogens (tertiary/aromatic N) is 6. The summed E-state index contributed by atoms with van der Waals surface area (Å²) in [5.41, 5.74) is 18.8. The molecule has 6 aliphatic heterocycles. The second-order valence-electron chi connectivity index (χ2n) is 37.7. The molecule has 0 saturated heterocycles. The molecule has 12 atom stereocenters. The highest BCUT2D eigenvalue weighted by molar-refractivity contribution is 5.71. The first-order chi connectivity index (χ1) is 64.2. The molecule has 12 aromatic carbocycles. The van der Waals surface area contributed by atoms with Crippen molar-refractivity contribution < 1.29 is 59.1 Å². The topological polar surface area (TPSA) is 196 Å². The molecule has 6 unspecified atom stereocenters. The molecule has 1 aliphatic carbocycles. The van der Waals surface area contributed by atoms with Crippen molar-refractivity contribution >= 4 is 0 Å². The minimum atomic E-state index is -0.607. The first-order valence-electron chi connectivity index (χ1n) is 48.0. The minimum Gasteiger partial charge on any atom is -0.507 e. The SMILES string of the molecule is CCC1c2cc(c3c(c2O)CN([C@@H](C)c2ccccc2)CO3)C(CC)c2cc(c3c(c2O)CN([C@@H](C)c2ccccc2)CO3)C(CC)c2cc(c3c(c2O)CN([C@@H](C)c2ccccc2)CO3)C(CC)c2cc(c3c(c2O)CN([C@@H](C)c2ccccc2)CO3)C(CC)c2cc(c3c(c2O)CN([C@@H](C)c2ccccc2)CO3)C(CC)c2cc1c1c(c2O)CN([C@@H](C)c2ccccc2)CO1. The van der Waals surface area contributed by atoms with Gasteiger partial charge in [0, 0.05) is 178 Å². The normalized spacial score (nSPS) is 20.7. The van der Waals surface area contributed by atoms with Crippen LogP contribution < -0.4 is 28.4 Å². The van der Waals surface area contributed by atoms with E-state index in [1.807, 2.05) is 36.4 Å². The lowest BCUT2D eigenvalue weighted by molar-refractivity contribution is 0.0584. The maximum atomic E-state index is 14.1. The van der Waals surface area contributed by atoms with E-state index in [4.69, 9.17) is 28.4 Å². The Labute approximate surface area is 777 Å². The number of hydrogen-bond acceptors (Lipinski definition) is 18. The van der Waals surface area contributed by atoms with E-state index in [1.165, 1.54) is 0 Å². The fourth-order valence-electron chi connectivity index (χ4n) is 22.8. The van der Waals surface area contributed by atoms with E-state index in [-0.39, 0.29) is 111 Å². The predicted molar refractivity (Wildman–Crippen MR) is 517 cm³/mol. The lowest BCUT2D eigenvalue weighted by Crippen LogP contribution is -2.36. The van der Waals surface area contributed by atoms with Crippen molar-refractivity contribution in [2.75, 3.05) is 40.4 Å². The summed E-state index contributed by atoms with van der Waals surface area (Å²) in [7, 11) is 0. The van der Waals surface area contributed by atoms with Crippen molar-refractivity contribution in [2.24, 2.45) is 0 Å². The van der Waals surface area contributed by atoms with Gasteiger partial charge in [-0.05, 0) is 150 Å². The summed E-state index contributed by atoms with van der Waals surface area (Å²) in [4.78, 5) is 13.6. The first-order valence-corrected chi connectivity index (χ1v) is 48.0. The molecule has 132 heavy (non-hydrogen) atoms. The Morgan fingerprint density at radius 1 is 0.212 bits per heavy atom. The summed E-state index contributed by atoms with van der Waals surface area (Å²) in [5.74, 6) is 0.158. The van der Waals surface area contributed by atoms with Gasteiger partial charge < -0.3 is 59.1 Å². The van der Waals surface area contributed by atoms with E-state index in [2.05, 4.69) is 294 Å². The van der Waals surface area contributed by atoms with Crippen molar-refractivity contribution in [3.63, 3.8) is 0 Å². The van der Waals surface area contributed by atoms with Crippen LogP contribution in [0.1, 0.15) is 327 Å². The zero-order valence-corrected chi connectivity index (χ0v) is 78.3. The highest BCUT2D eigenvalue weighted by Crippen LogP contribution is 2.61. The van der Waals surface area contributed by atoms with E-state index in [1.54, 1.807) is 0 Å². The summed E-state index contributed by atoms with van der Waals surface area (Å²) in [5, 5.41) is 84.9. The Morgan fingerprint density at radius 3 is 0.462 bits per heavy atom. The smallest absolute Gasteiger partial charge is 0.142 e. The Morgan fingerprint density at radius 2 is 0.341 bits per heavy atom. The highest BCUT2D eigenvalue weighted by atomic mass is 16.5. The van der Waals surface area contributed by atoms with Crippen molar-refractivity contribution in [3.8, 4) is 69.0 Å². The predicted octanol–water partition coefficient (Wildman–Crippen LogP) is 25.0. The van der Waals surface area contributed by atoms with Crippen molar-refractivity contribution in [1.82, 2.24) is 29.4 Å². The molecule has 0 radical (unpaired) electrons. The van der Waals surface area contributed by atoms with Crippen LogP contribution in [0.3, 0.4) is 0 Å². The molecule has 19 rings (SSSR count). The van der Waals surface area contributed by atoms with Gasteiger partial charge in [0.15, 0.2) is 0 Å². The largest absolute Gasteiger partial charge is 0.507 e. The van der Waals surface area contributed by atoms with Gasteiger partial charge in [-0.1, -0.05) is 224 Å². The van der Waals surface area contributed by atoms with Crippen LogP contribution in [0.2, 0.25) is 0 Å². The summed E-state index contributed by atoms with van der Waals surface area (Å²) in [6.07, 6.45) is 2.79. The number of rotatable bonds is 18. The Kier molecular flexibility index (Phi) is 25.4. The summed E-state index contributed by atoms with van der Waals surface area (Å²) < 4.78 is 44.2. The molecular weight excluding hydrogens is 1650 g/mol. The molecule has 0 spiro atoms. The molecule has 18 heteroatoms. The second kappa shape index (κ2) is 37.6. The van der Waals surface area contributed by atoms with E-state index in [0.29, 0.717) is 179 Å². The van der Waals surface area contributed by atoms with Gasteiger partial charge in [0.1, 0.15) is 109 Å². The van der Waals surface area contributed by atoms with Gasteiger partial charge in [-0.2, -0.15) is 0 Å².